The molecular formula is CoMnO4SiSr+2. The van der Waals surface area contributed by atoms with E-state index in [1.54, 1.807) is 0 Å². The number of hydrogen-bond donors (Lipinski definition) is 0. The fourth-order valence-electron chi connectivity index (χ4n) is 0. The first-order chi connectivity index (χ1) is 2.00. The first kappa shape index (κ1) is 22.4. The Balaban J connectivity index is -0.0000000267. The van der Waals surface area contributed by atoms with Gasteiger partial charge >= 0.3 is 79.3 Å². The van der Waals surface area contributed by atoms with E-state index in [0.29, 0.717) is 0 Å². The van der Waals surface area contributed by atoms with E-state index in [-0.39, 0.29) is 79.3 Å². The maximum absolute atomic E-state index is 8.58. The van der Waals surface area contributed by atoms with Crippen molar-refractivity contribution in [3.63, 3.8) is 0 Å². The third-order valence-corrected chi connectivity index (χ3v) is 0. The molecule has 0 aliphatic heterocycles. The van der Waals surface area contributed by atoms with Gasteiger partial charge in [-0.15, -0.1) is 0 Å². The smallest absolute Gasteiger partial charge is 0.894 e. The molecule has 8 heteroatoms. The molecule has 0 N–H and O–H groups in total. The molecular weight excluding hydrogens is 294 g/mol. The Bertz CT molecular complexity index is 31.5. The molecule has 0 atom stereocenters. The molecule has 0 fully saturated rings. The molecule has 2 radical (unpaired) electrons. The van der Waals surface area contributed by atoms with Crippen LogP contribution in [0.1, 0.15) is 0 Å². The van der Waals surface area contributed by atoms with Gasteiger partial charge in [-0.3, -0.25) is 0 Å². The van der Waals surface area contributed by atoms with E-state index in [1.807, 2.05) is 0 Å². The van der Waals surface area contributed by atoms with Gasteiger partial charge in [-0.2, -0.15) is 0 Å². The molecule has 0 unspecified atom stereocenters. The van der Waals surface area contributed by atoms with Crippen LogP contribution in [0.3, 0.4) is 0 Å². The Hall–Kier alpha value is 2.56. The molecule has 0 bridgehead atoms. The van der Waals surface area contributed by atoms with Crippen LogP contribution in [0.2, 0.25) is 0 Å². The van der Waals surface area contributed by atoms with Gasteiger partial charge in [0, 0.05) is 0 Å². The maximum atomic E-state index is 8.58. The summed E-state index contributed by atoms with van der Waals surface area (Å²) < 4.78 is 0. The molecule has 0 aromatic rings. The molecule has 4 nitrogen and oxygen atoms in total. The van der Waals surface area contributed by atoms with Crippen LogP contribution in [0.4, 0.5) is 0 Å². The van der Waals surface area contributed by atoms with E-state index < -0.39 is 9.05 Å². The van der Waals surface area contributed by atoms with Crippen molar-refractivity contribution in [2.24, 2.45) is 0 Å². The third kappa shape index (κ3) is 74.6. The van der Waals surface area contributed by atoms with E-state index >= 15 is 0 Å². The second kappa shape index (κ2) is 9.56. The monoisotopic (exact) mass is 294 g/mol. The second-order valence-corrected chi connectivity index (χ2v) is 1.50. The molecule has 0 aromatic heterocycles. The van der Waals surface area contributed by atoms with Crippen LogP contribution in [0.5, 0.6) is 0 Å². The molecule has 0 aromatic carbocycles. The fourth-order valence-corrected chi connectivity index (χ4v) is 0. The molecule has 44 valence electrons. The van der Waals surface area contributed by atoms with Gasteiger partial charge in [-0.1, -0.05) is 0 Å². The Morgan fingerprint density at radius 1 is 0.875 bits per heavy atom. The quantitative estimate of drug-likeness (QED) is 0.417. The maximum Gasteiger partial charge on any atom is 2.00 e. The van der Waals surface area contributed by atoms with Gasteiger partial charge in [0.15, 0.2) is 0 Å². The van der Waals surface area contributed by atoms with Crippen LogP contribution in [0, 0.1) is 0 Å². The summed E-state index contributed by atoms with van der Waals surface area (Å²) in [5.41, 5.74) is 0. The summed E-state index contributed by atoms with van der Waals surface area (Å²) in [4.78, 5) is 34.3. The van der Waals surface area contributed by atoms with Crippen LogP contribution in [0.15, 0.2) is 0 Å². The van der Waals surface area contributed by atoms with Crippen molar-refractivity contribution < 1.29 is 53.0 Å². The van der Waals surface area contributed by atoms with Crippen molar-refractivity contribution in [2.75, 3.05) is 0 Å². The predicted octanol–water partition coefficient (Wildman–Crippen LogP) is -5.52. The van der Waals surface area contributed by atoms with E-state index in [0.717, 1.165) is 0 Å². The average molecular weight is 294 g/mol. The molecule has 0 saturated carbocycles. The van der Waals surface area contributed by atoms with Crippen molar-refractivity contribution >= 4 is 54.5 Å². The molecule has 0 rings (SSSR count). The Kier molecular flexibility index (Phi) is 26.8. The van der Waals surface area contributed by atoms with E-state index in [9.17, 15) is 0 Å². The zero-order chi connectivity index (χ0) is 4.50. The molecule has 0 saturated heterocycles. The number of rotatable bonds is 0. The zero-order valence-corrected chi connectivity index (χ0v) is 10.2. The van der Waals surface area contributed by atoms with Crippen LogP contribution in [0.25, 0.3) is 0 Å². The summed E-state index contributed by atoms with van der Waals surface area (Å²) in [5.74, 6) is 0. The molecule has 8 heavy (non-hydrogen) atoms. The predicted molar refractivity (Wildman–Crippen MR) is 11.5 cm³/mol. The Labute approximate surface area is 106 Å². The standard InChI is InChI=1S/Co.Mn.O4Si.Sr/c;;1-5(2,3)4;/q2*+2;-4;+2. The van der Waals surface area contributed by atoms with E-state index in [4.69, 9.17) is 19.2 Å². The minimum Gasteiger partial charge on any atom is -0.894 e. The molecule has 0 heterocycles. The molecule has 0 amide bonds. The first-order valence-corrected chi connectivity index (χ1v) is 2.45. The number of hydrogen-bond acceptors (Lipinski definition) is 4. The van der Waals surface area contributed by atoms with Gasteiger partial charge in [0.2, 0.25) is 0 Å². The van der Waals surface area contributed by atoms with E-state index in [1.165, 1.54) is 0 Å². The van der Waals surface area contributed by atoms with Gasteiger partial charge in [0.25, 0.3) is 0 Å². The van der Waals surface area contributed by atoms with E-state index in [2.05, 4.69) is 0 Å². The van der Waals surface area contributed by atoms with Crippen molar-refractivity contribution in [1.29, 1.82) is 0 Å². The van der Waals surface area contributed by atoms with Gasteiger partial charge in [-0.25, -0.2) is 0 Å². The SMILES string of the molecule is [Co+2].[Mn+2].[O-][Si]([O-])([O-])[O-].[Sr+2]. The van der Waals surface area contributed by atoms with Crippen LogP contribution < -0.4 is 19.2 Å². The summed E-state index contributed by atoms with van der Waals surface area (Å²) in [6, 6.07) is 0. The fraction of sp³-hybridized carbons (Fsp3) is 0. The second-order valence-electron chi connectivity index (χ2n) is 0.500. The van der Waals surface area contributed by atoms with Crippen molar-refractivity contribution in [3.05, 3.63) is 0 Å². The zero-order valence-electron chi connectivity index (χ0n) is 3.55. The third-order valence-electron chi connectivity index (χ3n) is 0. The van der Waals surface area contributed by atoms with Gasteiger partial charge in [-0.05, 0) is 0 Å². The van der Waals surface area contributed by atoms with Gasteiger partial charge in [0.1, 0.15) is 0 Å². The van der Waals surface area contributed by atoms with Crippen LogP contribution in [-0.4, -0.2) is 54.5 Å². The summed E-state index contributed by atoms with van der Waals surface area (Å²) in [7, 11) is -5.61. The Morgan fingerprint density at radius 3 is 0.875 bits per heavy atom. The largest absolute Gasteiger partial charge is 2.00 e. The first-order valence-electron chi connectivity index (χ1n) is 0.816. The van der Waals surface area contributed by atoms with Gasteiger partial charge in [0.05, 0.1) is 0 Å². The van der Waals surface area contributed by atoms with Crippen LogP contribution in [-0.2, 0) is 33.8 Å². The minimum absolute atomic E-state index is 0. The summed E-state index contributed by atoms with van der Waals surface area (Å²) in [5, 5.41) is 0. The molecule has 0 aliphatic rings. The summed E-state index contributed by atoms with van der Waals surface area (Å²) in [6.45, 7) is 0. The molecule has 0 aliphatic carbocycles. The Morgan fingerprint density at radius 2 is 0.875 bits per heavy atom. The minimum atomic E-state index is -5.61. The molecule has 0 spiro atoms. The van der Waals surface area contributed by atoms with Crippen molar-refractivity contribution in [3.8, 4) is 0 Å². The van der Waals surface area contributed by atoms with Crippen LogP contribution >= 0.6 is 0 Å². The topological polar surface area (TPSA) is 92.2 Å². The van der Waals surface area contributed by atoms with Crippen molar-refractivity contribution in [1.82, 2.24) is 0 Å². The summed E-state index contributed by atoms with van der Waals surface area (Å²) >= 11 is 0. The summed E-state index contributed by atoms with van der Waals surface area (Å²) in [6.07, 6.45) is 0. The normalized spacial score (nSPS) is 7.50. The average Bonchev–Trinajstić information content (AvgIpc) is 0.722. The van der Waals surface area contributed by atoms with Gasteiger partial charge < -0.3 is 28.2 Å². The van der Waals surface area contributed by atoms with Crippen molar-refractivity contribution in [2.45, 2.75) is 0 Å².